The summed E-state index contributed by atoms with van der Waals surface area (Å²) in [6.07, 6.45) is 2.79. The molecule has 2 saturated heterocycles. The molecule has 1 aliphatic carbocycles. The summed E-state index contributed by atoms with van der Waals surface area (Å²) in [4.78, 5) is 14.4. The molecule has 3 aliphatic rings. The highest BCUT2D eigenvalue weighted by Gasteiger charge is 2.59. The number of ether oxygens (including phenoxy) is 2. The maximum absolute atomic E-state index is 12.5. The molecule has 0 aromatic carbocycles. The van der Waals surface area contributed by atoms with Gasteiger partial charge in [-0.2, -0.15) is 0 Å². The molecule has 0 bridgehead atoms. The summed E-state index contributed by atoms with van der Waals surface area (Å²) in [5.74, 6) is 0.586. The molecule has 102 valence electrons. The van der Waals surface area contributed by atoms with Crippen LogP contribution in [-0.4, -0.2) is 43.4 Å². The fraction of sp³-hybridized carbons (Fsp3) is 0.929. The lowest BCUT2D eigenvalue weighted by Crippen LogP contribution is -2.60. The van der Waals surface area contributed by atoms with Gasteiger partial charge in [-0.3, -0.25) is 4.79 Å². The van der Waals surface area contributed by atoms with Gasteiger partial charge in [0.15, 0.2) is 5.79 Å². The van der Waals surface area contributed by atoms with E-state index in [0.29, 0.717) is 31.0 Å². The first-order valence-corrected chi connectivity index (χ1v) is 7.03. The van der Waals surface area contributed by atoms with E-state index in [9.17, 15) is 4.79 Å². The van der Waals surface area contributed by atoms with Crippen molar-refractivity contribution in [2.75, 3.05) is 26.8 Å². The Labute approximate surface area is 109 Å². The second-order valence-corrected chi connectivity index (χ2v) is 6.34. The van der Waals surface area contributed by atoms with E-state index in [1.165, 1.54) is 0 Å². The fourth-order valence-electron chi connectivity index (χ4n) is 4.29. The zero-order valence-electron chi connectivity index (χ0n) is 11.6. The summed E-state index contributed by atoms with van der Waals surface area (Å²) >= 11 is 0. The molecular formula is C14H23NO3. The van der Waals surface area contributed by atoms with Gasteiger partial charge in [0, 0.05) is 25.9 Å². The van der Waals surface area contributed by atoms with Crippen molar-refractivity contribution >= 4 is 5.91 Å². The van der Waals surface area contributed by atoms with Crippen LogP contribution in [0.1, 0.15) is 33.1 Å². The van der Waals surface area contributed by atoms with Gasteiger partial charge in [-0.1, -0.05) is 13.8 Å². The standard InChI is InChI=1S/C14H23NO3/c1-10-11-4-7-15(3)12(16)13(11,2)5-6-14(10)17-8-9-18-14/h10-11H,4-9H2,1-3H3. The van der Waals surface area contributed by atoms with Crippen LogP contribution < -0.4 is 0 Å². The molecule has 3 rings (SSSR count). The van der Waals surface area contributed by atoms with Crippen LogP contribution in [0.4, 0.5) is 0 Å². The van der Waals surface area contributed by atoms with E-state index in [1.54, 1.807) is 0 Å². The van der Waals surface area contributed by atoms with Gasteiger partial charge in [0.1, 0.15) is 0 Å². The van der Waals surface area contributed by atoms with E-state index in [0.717, 1.165) is 25.8 Å². The summed E-state index contributed by atoms with van der Waals surface area (Å²) < 4.78 is 11.8. The van der Waals surface area contributed by atoms with Gasteiger partial charge in [0.2, 0.25) is 5.91 Å². The average Bonchev–Trinajstić information content (AvgIpc) is 2.82. The van der Waals surface area contributed by atoms with Crippen LogP contribution >= 0.6 is 0 Å². The van der Waals surface area contributed by atoms with Gasteiger partial charge >= 0.3 is 0 Å². The molecule has 0 N–H and O–H groups in total. The maximum atomic E-state index is 12.5. The summed E-state index contributed by atoms with van der Waals surface area (Å²) in [5, 5.41) is 0. The number of amides is 1. The second kappa shape index (κ2) is 3.94. The number of nitrogens with zero attached hydrogens (tertiary/aromatic N) is 1. The van der Waals surface area contributed by atoms with Crippen molar-refractivity contribution in [1.29, 1.82) is 0 Å². The van der Waals surface area contributed by atoms with Crippen LogP contribution in [-0.2, 0) is 14.3 Å². The van der Waals surface area contributed by atoms with E-state index in [1.807, 2.05) is 11.9 Å². The zero-order chi connectivity index (χ0) is 13.0. The van der Waals surface area contributed by atoms with Gasteiger partial charge in [0.25, 0.3) is 0 Å². The quantitative estimate of drug-likeness (QED) is 0.659. The molecule has 4 nitrogen and oxygen atoms in total. The number of carbonyl (C=O) groups is 1. The van der Waals surface area contributed by atoms with Crippen LogP contribution in [0.5, 0.6) is 0 Å². The lowest BCUT2D eigenvalue weighted by atomic mass is 9.57. The largest absolute Gasteiger partial charge is 0.347 e. The van der Waals surface area contributed by atoms with Crippen LogP contribution in [0, 0.1) is 17.3 Å². The Bertz CT molecular complexity index is 364. The number of fused-ring (bicyclic) bond motifs is 1. The molecule has 3 fully saturated rings. The van der Waals surface area contributed by atoms with Crippen LogP contribution in [0.2, 0.25) is 0 Å². The average molecular weight is 253 g/mol. The minimum absolute atomic E-state index is 0.215. The van der Waals surface area contributed by atoms with Crippen molar-refractivity contribution in [2.45, 2.75) is 38.9 Å². The van der Waals surface area contributed by atoms with Crippen molar-refractivity contribution in [1.82, 2.24) is 4.90 Å². The van der Waals surface area contributed by atoms with E-state index >= 15 is 0 Å². The van der Waals surface area contributed by atoms with Crippen molar-refractivity contribution < 1.29 is 14.3 Å². The SMILES string of the molecule is CC1C2CCN(C)C(=O)C2(C)CCC12OCCO2. The summed E-state index contributed by atoms with van der Waals surface area (Å²) in [7, 11) is 1.92. The van der Waals surface area contributed by atoms with Crippen molar-refractivity contribution in [3.8, 4) is 0 Å². The number of rotatable bonds is 0. The lowest BCUT2D eigenvalue weighted by Gasteiger charge is -2.54. The third-order valence-corrected chi connectivity index (χ3v) is 5.50. The van der Waals surface area contributed by atoms with E-state index in [2.05, 4.69) is 13.8 Å². The molecular weight excluding hydrogens is 230 g/mol. The molecule has 4 heteroatoms. The smallest absolute Gasteiger partial charge is 0.228 e. The van der Waals surface area contributed by atoms with Gasteiger partial charge in [-0.15, -0.1) is 0 Å². The summed E-state index contributed by atoms with van der Waals surface area (Å²) in [6, 6.07) is 0. The monoisotopic (exact) mass is 253 g/mol. The molecule has 0 aromatic heterocycles. The number of hydrogen-bond donors (Lipinski definition) is 0. The highest BCUT2D eigenvalue weighted by atomic mass is 16.7. The first-order valence-electron chi connectivity index (χ1n) is 7.03. The lowest BCUT2D eigenvalue weighted by molar-refractivity contribution is -0.246. The highest BCUT2D eigenvalue weighted by Crippen LogP contribution is 2.55. The molecule has 3 unspecified atom stereocenters. The molecule has 1 saturated carbocycles. The Balaban J connectivity index is 1.90. The molecule has 3 atom stereocenters. The van der Waals surface area contributed by atoms with Crippen molar-refractivity contribution in [3.05, 3.63) is 0 Å². The fourth-order valence-corrected chi connectivity index (χ4v) is 4.29. The third-order valence-electron chi connectivity index (χ3n) is 5.50. The molecule has 1 spiro atoms. The normalized spacial score (nSPS) is 43.3. The Morgan fingerprint density at radius 2 is 1.94 bits per heavy atom. The summed E-state index contributed by atoms with van der Waals surface area (Å²) in [6.45, 7) is 6.59. The predicted octanol–water partition coefficient (Wildman–Crippen LogP) is 1.64. The number of carbonyl (C=O) groups excluding carboxylic acids is 1. The summed E-state index contributed by atoms with van der Waals surface area (Å²) in [5.41, 5.74) is -0.215. The number of hydrogen-bond acceptors (Lipinski definition) is 3. The van der Waals surface area contributed by atoms with Gasteiger partial charge < -0.3 is 14.4 Å². The molecule has 18 heavy (non-hydrogen) atoms. The van der Waals surface area contributed by atoms with Crippen LogP contribution in [0.15, 0.2) is 0 Å². The van der Waals surface area contributed by atoms with E-state index in [4.69, 9.17) is 9.47 Å². The minimum Gasteiger partial charge on any atom is -0.347 e. The molecule has 0 aromatic rings. The van der Waals surface area contributed by atoms with E-state index in [-0.39, 0.29) is 5.41 Å². The highest BCUT2D eigenvalue weighted by molar-refractivity contribution is 5.83. The Morgan fingerprint density at radius 3 is 2.61 bits per heavy atom. The minimum atomic E-state index is -0.402. The number of piperidine rings is 1. The topological polar surface area (TPSA) is 38.8 Å². The maximum Gasteiger partial charge on any atom is 0.228 e. The predicted molar refractivity (Wildman–Crippen MR) is 66.9 cm³/mol. The first kappa shape index (κ1) is 12.4. The van der Waals surface area contributed by atoms with Crippen LogP contribution in [0.3, 0.4) is 0 Å². The second-order valence-electron chi connectivity index (χ2n) is 6.34. The van der Waals surface area contributed by atoms with Gasteiger partial charge in [0.05, 0.1) is 18.6 Å². The Hall–Kier alpha value is -0.610. The van der Waals surface area contributed by atoms with E-state index < -0.39 is 5.79 Å². The molecule has 1 amide bonds. The molecule has 0 radical (unpaired) electrons. The van der Waals surface area contributed by atoms with Crippen molar-refractivity contribution in [2.24, 2.45) is 17.3 Å². The van der Waals surface area contributed by atoms with Gasteiger partial charge in [-0.05, 0) is 18.8 Å². The van der Waals surface area contributed by atoms with Crippen LogP contribution in [0.25, 0.3) is 0 Å². The Kier molecular flexibility index (Phi) is 2.72. The van der Waals surface area contributed by atoms with Crippen molar-refractivity contribution in [3.63, 3.8) is 0 Å². The zero-order valence-corrected chi connectivity index (χ0v) is 11.6. The molecule has 2 aliphatic heterocycles. The molecule has 2 heterocycles. The number of likely N-dealkylation sites (tertiary alicyclic amines) is 1. The first-order chi connectivity index (χ1) is 8.50. The third kappa shape index (κ3) is 1.48. The Morgan fingerprint density at radius 1 is 1.28 bits per heavy atom. The van der Waals surface area contributed by atoms with Gasteiger partial charge in [-0.25, -0.2) is 0 Å².